The maximum atomic E-state index is 5.63. The molecule has 0 radical (unpaired) electrons. The lowest BCUT2D eigenvalue weighted by Gasteiger charge is -2.08. The normalized spacial score (nSPS) is 15.4. The molecule has 0 unspecified atom stereocenters. The van der Waals surface area contributed by atoms with Gasteiger partial charge in [-0.1, -0.05) is 6.92 Å². The molecule has 1 aliphatic carbocycles. The molecule has 0 spiro atoms. The zero-order chi connectivity index (χ0) is 11.9. The van der Waals surface area contributed by atoms with E-state index in [1.807, 2.05) is 12.5 Å². The molecule has 0 aromatic carbocycles. The Hall–Kier alpha value is -0.870. The summed E-state index contributed by atoms with van der Waals surface area (Å²) in [7, 11) is 0. The lowest BCUT2D eigenvalue weighted by Crippen LogP contribution is -2.15. The van der Waals surface area contributed by atoms with E-state index in [9.17, 15) is 0 Å². The van der Waals surface area contributed by atoms with Crippen LogP contribution in [0.2, 0.25) is 0 Å². The van der Waals surface area contributed by atoms with Crippen molar-refractivity contribution < 1.29 is 4.74 Å². The van der Waals surface area contributed by atoms with E-state index in [0.717, 1.165) is 45.2 Å². The molecule has 17 heavy (non-hydrogen) atoms. The van der Waals surface area contributed by atoms with Crippen LogP contribution in [0.25, 0.3) is 0 Å². The molecule has 1 N–H and O–H groups in total. The molecule has 1 aromatic rings. The van der Waals surface area contributed by atoms with Crippen molar-refractivity contribution in [1.29, 1.82) is 0 Å². The zero-order valence-electron chi connectivity index (χ0n) is 10.7. The Bertz CT molecular complexity index is 320. The number of hydrogen-bond donors (Lipinski definition) is 1. The number of aryl methyl sites for hydroxylation is 1. The molecular weight excluding hydrogens is 214 g/mol. The molecule has 1 fully saturated rings. The average molecular weight is 237 g/mol. The highest BCUT2D eigenvalue weighted by atomic mass is 16.5. The molecular formula is C13H23N3O. The zero-order valence-corrected chi connectivity index (χ0v) is 10.7. The molecule has 4 heteroatoms. The molecule has 1 aliphatic rings. The molecule has 2 rings (SSSR count). The Labute approximate surface area is 103 Å². The van der Waals surface area contributed by atoms with Gasteiger partial charge in [0.05, 0.1) is 12.0 Å². The summed E-state index contributed by atoms with van der Waals surface area (Å²) in [6.07, 6.45) is 7.66. The number of nitrogens with zero attached hydrogens (tertiary/aromatic N) is 2. The molecule has 0 aliphatic heterocycles. The van der Waals surface area contributed by atoms with Gasteiger partial charge in [-0.15, -0.1) is 0 Å². The predicted molar refractivity (Wildman–Crippen MR) is 67.8 cm³/mol. The lowest BCUT2D eigenvalue weighted by molar-refractivity contribution is 0.119. The Kier molecular flexibility index (Phi) is 5.01. The first-order valence-corrected chi connectivity index (χ1v) is 6.67. The monoisotopic (exact) mass is 237 g/mol. The molecule has 96 valence electrons. The summed E-state index contributed by atoms with van der Waals surface area (Å²) in [6.45, 7) is 6.86. The molecule has 4 nitrogen and oxygen atoms in total. The fourth-order valence-corrected chi connectivity index (χ4v) is 1.82. The van der Waals surface area contributed by atoms with E-state index < -0.39 is 0 Å². The fourth-order valence-electron chi connectivity index (χ4n) is 1.82. The summed E-state index contributed by atoms with van der Waals surface area (Å²) in [5, 5.41) is 3.32. The van der Waals surface area contributed by atoms with E-state index in [1.165, 1.54) is 18.5 Å². The first kappa shape index (κ1) is 12.6. The van der Waals surface area contributed by atoms with Crippen LogP contribution in [0.1, 0.15) is 31.9 Å². The van der Waals surface area contributed by atoms with Crippen molar-refractivity contribution in [2.75, 3.05) is 19.8 Å². The number of nitrogens with one attached hydrogen (secondary N) is 1. The molecule has 0 amide bonds. The largest absolute Gasteiger partial charge is 0.381 e. The van der Waals surface area contributed by atoms with Crippen LogP contribution in [0.4, 0.5) is 0 Å². The number of hydrogen-bond acceptors (Lipinski definition) is 3. The van der Waals surface area contributed by atoms with Gasteiger partial charge in [-0.25, -0.2) is 4.98 Å². The summed E-state index contributed by atoms with van der Waals surface area (Å²) < 4.78 is 7.84. The fraction of sp³-hybridized carbons (Fsp3) is 0.769. The Morgan fingerprint density at radius 2 is 2.41 bits per heavy atom. The van der Waals surface area contributed by atoms with Crippen LogP contribution < -0.4 is 5.32 Å². The van der Waals surface area contributed by atoms with Gasteiger partial charge < -0.3 is 14.6 Å². The van der Waals surface area contributed by atoms with Crippen LogP contribution >= 0.6 is 0 Å². The minimum Gasteiger partial charge on any atom is -0.381 e. The van der Waals surface area contributed by atoms with Gasteiger partial charge in [-0.3, -0.25) is 0 Å². The highest BCUT2D eigenvalue weighted by Crippen LogP contribution is 2.28. The van der Waals surface area contributed by atoms with Gasteiger partial charge in [0.25, 0.3) is 0 Å². The molecule has 0 atom stereocenters. The number of ether oxygens (including phenoxy) is 1. The van der Waals surface area contributed by atoms with Crippen LogP contribution in [0, 0.1) is 5.92 Å². The van der Waals surface area contributed by atoms with Crippen LogP contribution in [-0.2, 0) is 17.8 Å². The van der Waals surface area contributed by atoms with E-state index in [2.05, 4.69) is 21.8 Å². The Morgan fingerprint density at radius 3 is 3.18 bits per heavy atom. The van der Waals surface area contributed by atoms with Gasteiger partial charge >= 0.3 is 0 Å². The third-order valence-electron chi connectivity index (χ3n) is 3.09. The van der Waals surface area contributed by atoms with E-state index in [-0.39, 0.29) is 0 Å². The van der Waals surface area contributed by atoms with Gasteiger partial charge in [0.1, 0.15) is 0 Å². The lowest BCUT2D eigenvalue weighted by atomic mass is 10.4. The summed E-state index contributed by atoms with van der Waals surface area (Å²) in [5.74, 6) is 0.868. The van der Waals surface area contributed by atoms with Crippen molar-refractivity contribution in [3.63, 3.8) is 0 Å². The minimum absolute atomic E-state index is 0.868. The van der Waals surface area contributed by atoms with Gasteiger partial charge in [0.2, 0.25) is 0 Å². The summed E-state index contributed by atoms with van der Waals surface area (Å²) in [4.78, 5) is 4.19. The van der Waals surface area contributed by atoms with Crippen molar-refractivity contribution in [3.05, 3.63) is 18.2 Å². The van der Waals surface area contributed by atoms with Crippen LogP contribution in [0.3, 0.4) is 0 Å². The third kappa shape index (κ3) is 4.48. The van der Waals surface area contributed by atoms with Crippen molar-refractivity contribution in [1.82, 2.24) is 14.9 Å². The minimum atomic E-state index is 0.868. The van der Waals surface area contributed by atoms with Gasteiger partial charge in [0.15, 0.2) is 0 Å². The van der Waals surface area contributed by atoms with Crippen LogP contribution in [-0.4, -0.2) is 29.3 Å². The van der Waals surface area contributed by atoms with E-state index in [0.29, 0.717) is 0 Å². The standard InChI is InChI=1S/C13H23N3O/c1-2-14-8-13-9-15-11-16(13)6-3-7-17-10-12-4-5-12/h9,11-12,14H,2-8,10H2,1H3. The van der Waals surface area contributed by atoms with Crippen LogP contribution in [0.5, 0.6) is 0 Å². The summed E-state index contributed by atoms with van der Waals surface area (Å²) in [6, 6.07) is 0. The van der Waals surface area contributed by atoms with E-state index in [4.69, 9.17) is 4.74 Å². The Balaban J connectivity index is 1.61. The van der Waals surface area contributed by atoms with E-state index >= 15 is 0 Å². The number of aromatic nitrogens is 2. The number of rotatable bonds is 9. The van der Waals surface area contributed by atoms with Crippen molar-refractivity contribution in [2.24, 2.45) is 5.92 Å². The topological polar surface area (TPSA) is 39.1 Å². The van der Waals surface area contributed by atoms with Gasteiger partial charge in [-0.05, 0) is 31.7 Å². The quantitative estimate of drug-likeness (QED) is 0.666. The van der Waals surface area contributed by atoms with Gasteiger partial charge in [-0.2, -0.15) is 0 Å². The Morgan fingerprint density at radius 1 is 1.53 bits per heavy atom. The van der Waals surface area contributed by atoms with Crippen LogP contribution in [0.15, 0.2) is 12.5 Å². The maximum Gasteiger partial charge on any atom is 0.0948 e. The summed E-state index contributed by atoms with van der Waals surface area (Å²) >= 11 is 0. The predicted octanol–water partition coefficient (Wildman–Crippen LogP) is 1.81. The molecule has 0 saturated heterocycles. The van der Waals surface area contributed by atoms with Crippen molar-refractivity contribution in [2.45, 2.75) is 39.3 Å². The average Bonchev–Trinajstić information content (AvgIpc) is 3.05. The maximum absolute atomic E-state index is 5.63. The SMILES string of the molecule is CCNCc1cncn1CCCOCC1CC1. The second kappa shape index (κ2) is 6.77. The summed E-state index contributed by atoms with van der Waals surface area (Å²) in [5.41, 5.74) is 1.26. The molecule has 0 bridgehead atoms. The smallest absolute Gasteiger partial charge is 0.0948 e. The van der Waals surface area contributed by atoms with E-state index in [1.54, 1.807) is 0 Å². The molecule has 1 saturated carbocycles. The first-order valence-electron chi connectivity index (χ1n) is 6.67. The molecule has 1 heterocycles. The van der Waals surface area contributed by atoms with Crippen molar-refractivity contribution in [3.8, 4) is 0 Å². The highest BCUT2D eigenvalue weighted by molar-refractivity contribution is 4.97. The van der Waals surface area contributed by atoms with Gasteiger partial charge in [0, 0.05) is 32.5 Å². The highest BCUT2D eigenvalue weighted by Gasteiger charge is 2.20. The second-order valence-corrected chi connectivity index (χ2v) is 4.73. The third-order valence-corrected chi connectivity index (χ3v) is 3.09. The first-order chi connectivity index (χ1) is 8.40. The number of imidazole rings is 1. The second-order valence-electron chi connectivity index (χ2n) is 4.73. The van der Waals surface area contributed by atoms with Crippen molar-refractivity contribution >= 4 is 0 Å². The molecule has 1 aromatic heterocycles.